The van der Waals surface area contributed by atoms with E-state index in [0.717, 1.165) is 38.8 Å². The van der Waals surface area contributed by atoms with Gasteiger partial charge in [-0.25, -0.2) is 4.79 Å². The maximum atomic E-state index is 12.0. The molecule has 5 heteroatoms. The molecule has 2 amide bonds. The van der Waals surface area contributed by atoms with Crippen molar-refractivity contribution in [3.8, 4) is 0 Å². The molecule has 1 aliphatic carbocycles. The lowest BCUT2D eigenvalue weighted by atomic mass is 9.84. The summed E-state index contributed by atoms with van der Waals surface area (Å²) in [6, 6.07) is -0.280. The largest absolute Gasteiger partial charge is 0.481 e. The topological polar surface area (TPSA) is 69.6 Å². The van der Waals surface area contributed by atoms with E-state index in [4.69, 9.17) is 5.11 Å². The second kappa shape index (κ2) is 5.59. The van der Waals surface area contributed by atoms with E-state index in [-0.39, 0.29) is 12.1 Å². The molecule has 0 aromatic rings. The van der Waals surface area contributed by atoms with Gasteiger partial charge in [-0.3, -0.25) is 4.79 Å². The number of nitrogens with zero attached hydrogens (tertiary/aromatic N) is 1. The van der Waals surface area contributed by atoms with E-state index >= 15 is 0 Å². The third-order valence-electron chi connectivity index (χ3n) is 4.10. The second-order valence-electron chi connectivity index (χ2n) is 5.63. The van der Waals surface area contributed by atoms with Gasteiger partial charge in [0.1, 0.15) is 0 Å². The maximum absolute atomic E-state index is 12.0. The SMILES string of the molecule is CC1CCN(C(=O)NC2CCCCC2C(=O)O)C1. The molecule has 1 saturated carbocycles. The van der Waals surface area contributed by atoms with Gasteiger partial charge in [-0.05, 0) is 25.2 Å². The lowest BCUT2D eigenvalue weighted by Gasteiger charge is -2.31. The predicted octanol–water partition coefficient (Wildman–Crippen LogP) is 1.68. The zero-order valence-corrected chi connectivity index (χ0v) is 10.9. The number of hydrogen-bond donors (Lipinski definition) is 2. The van der Waals surface area contributed by atoms with Gasteiger partial charge in [-0.15, -0.1) is 0 Å². The van der Waals surface area contributed by atoms with Gasteiger partial charge in [0.25, 0.3) is 0 Å². The number of hydrogen-bond acceptors (Lipinski definition) is 2. The molecule has 2 fully saturated rings. The highest BCUT2D eigenvalue weighted by Gasteiger charge is 2.33. The Morgan fingerprint density at radius 3 is 2.56 bits per heavy atom. The fourth-order valence-electron chi connectivity index (χ4n) is 2.97. The average molecular weight is 254 g/mol. The molecule has 2 aliphatic rings. The van der Waals surface area contributed by atoms with Crippen LogP contribution in [0.15, 0.2) is 0 Å². The molecule has 18 heavy (non-hydrogen) atoms. The van der Waals surface area contributed by atoms with Crippen LogP contribution in [0.2, 0.25) is 0 Å². The van der Waals surface area contributed by atoms with E-state index in [1.54, 1.807) is 4.90 Å². The zero-order valence-electron chi connectivity index (χ0n) is 10.9. The zero-order chi connectivity index (χ0) is 13.1. The number of nitrogens with one attached hydrogen (secondary N) is 1. The van der Waals surface area contributed by atoms with E-state index in [0.29, 0.717) is 12.3 Å². The first kappa shape index (κ1) is 13.2. The molecule has 3 atom stereocenters. The molecule has 0 bridgehead atoms. The summed E-state index contributed by atoms with van der Waals surface area (Å²) in [7, 11) is 0. The lowest BCUT2D eigenvalue weighted by molar-refractivity contribution is -0.143. The Morgan fingerprint density at radius 1 is 1.22 bits per heavy atom. The van der Waals surface area contributed by atoms with Gasteiger partial charge in [0.2, 0.25) is 0 Å². The second-order valence-corrected chi connectivity index (χ2v) is 5.63. The van der Waals surface area contributed by atoms with Crippen molar-refractivity contribution in [1.29, 1.82) is 0 Å². The Hall–Kier alpha value is -1.26. The van der Waals surface area contributed by atoms with Gasteiger partial charge >= 0.3 is 12.0 Å². The minimum absolute atomic E-state index is 0.0856. The number of rotatable bonds is 2. The molecule has 0 spiro atoms. The van der Waals surface area contributed by atoms with E-state index in [2.05, 4.69) is 12.2 Å². The third kappa shape index (κ3) is 2.94. The van der Waals surface area contributed by atoms with E-state index in [1.165, 1.54) is 0 Å². The monoisotopic (exact) mass is 254 g/mol. The minimum Gasteiger partial charge on any atom is -0.481 e. The molecule has 0 radical (unpaired) electrons. The van der Waals surface area contributed by atoms with Gasteiger partial charge in [0, 0.05) is 19.1 Å². The summed E-state index contributed by atoms with van der Waals surface area (Å²) < 4.78 is 0. The maximum Gasteiger partial charge on any atom is 0.317 e. The highest BCUT2D eigenvalue weighted by molar-refractivity contribution is 5.77. The smallest absolute Gasteiger partial charge is 0.317 e. The Labute approximate surface area is 108 Å². The molecular formula is C13H22N2O3. The summed E-state index contributed by atoms with van der Waals surface area (Å²) in [4.78, 5) is 25.0. The van der Waals surface area contributed by atoms with Crippen LogP contribution < -0.4 is 5.32 Å². The summed E-state index contributed by atoms with van der Waals surface area (Å²) in [5, 5.41) is 12.1. The van der Waals surface area contributed by atoms with E-state index < -0.39 is 11.9 Å². The highest BCUT2D eigenvalue weighted by atomic mass is 16.4. The summed E-state index contributed by atoms with van der Waals surface area (Å²) in [6.45, 7) is 3.71. The molecule has 5 nitrogen and oxygen atoms in total. The normalized spacial score (nSPS) is 32.3. The van der Waals surface area contributed by atoms with Crippen LogP contribution in [0.5, 0.6) is 0 Å². The van der Waals surface area contributed by atoms with Crippen LogP contribution in [0.1, 0.15) is 39.0 Å². The molecule has 3 unspecified atom stereocenters. The summed E-state index contributed by atoms with van der Waals surface area (Å²) >= 11 is 0. The van der Waals surface area contributed by atoms with E-state index in [9.17, 15) is 9.59 Å². The van der Waals surface area contributed by atoms with Gasteiger partial charge in [-0.2, -0.15) is 0 Å². The number of carboxylic acid groups (broad SMARTS) is 1. The molecule has 1 aliphatic heterocycles. The van der Waals surface area contributed by atoms with Gasteiger partial charge in [-0.1, -0.05) is 19.8 Å². The van der Waals surface area contributed by atoms with Gasteiger partial charge in [0.15, 0.2) is 0 Å². The lowest BCUT2D eigenvalue weighted by Crippen LogP contribution is -2.49. The van der Waals surface area contributed by atoms with Crippen LogP contribution in [-0.4, -0.2) is 41.1 Å². The van der Waals surface area contributed by atoms with Crippen LogP contribution in [0, 0.1) is 11.8 Å². The summed E-state index contributed by atoms with van der Waals surface area (Å²) in [6.07, 6.45) is 4.46. The fourth-order valence-corrected chi connectivity index (χ4v) is 2.97. The van der Waals surface area contributed by atoms with Crippen LogP contribution >= 0.6 is 0 Å². The van der Waals surface area contributed by atoms with Crippen LogP contribution in [-0.2, 0) is 4.79 Å². The average Bonchev–Trinajstić information content (AvgIpc) is 2.76. The summed E-state index contributed by atoms with van der Waals surface area (Å²) in [5.74, 6) is -0.644. The predicted molar refractivity (Wildman–Crippen MR) is 67.3 cm³/mol. The Balaban J connectivity index is 1.90. The Bertz CT molecular complexity index is 332. The van der Waals surface area contributed by atoms with Crippen molar-refractivity contribution in [2.45, 2.75) is 45.1 Å². The molecule has 102 valence electrons. The Kier molecular flexibility index (Phi) is 4.09. The molecular weight excluding hydrogens is 232 g/mol. The van der Waals surface area contributed by atoms with Crippen molar-refractivity contribution < 1.29 is 14.7 Å². The molecule has 0 aromatic carbocycles. The minimum atomic E-state index is -0.783. The van der Waals surface area contributed by atoms with Gasteiger partial charge in [0.05, 0.1) is 5.92 Å². The molecule has 0 aromatic heterocycles. The van der Waals surface area contributed by atoms with Crippen molar-refractivity contribution >= 4 is 12.0 Å². The third-order valence-corrected chi connectivity index (χ3v) is 4.10. The molecule has 2 N–H and O–H groups in total. The number of carbonyl (C=O) groups is 2. The number of amides is 2. The first-order chi connectivity index (χ1) is 8.58. The van der Waals surface area contributed by atoms with Crippen LogP contribution in [0.4, 0.5) is 4.79 Å². The number of carbonyl (C=O) groups excluding carboxylic acids is 1. The van der Waals surface area contributed by atoms with Crippen LogP contribution in [0.3, 0.4) is 0 Å². The molecule has 2 rings (SSSR count). The number of likely N-dealkylation sites (tertiary alicyclic amines) is 1. The highest BCUT2D eigenvalue weighted by Crippen LogP contribution is 2.25. The standard InChI is InChI=1S/C13H22N2O3/c1-9-6-7-15(8-9)13(18)14-11-5-3-2-4-10(11)12(16)17/h9-11H,2-8H2,1H3,(H,14,18)(H,16,17). The van der Waals surface area contributed by atoms with Crippen molar-refractivity contribution in [3.05, 3.63) is 0 Å². The summed E-state index contributed by atoms with van der Waals surface area (Å²) in [5.41, 5.74) is 0. The molecule has 1 heterocycles. The number of carboxylic acids is 1. The van der Waals surface area contributed by atoms with Crippen molar-refractivity contribution in [2.24, 2.45) is 11.8 Å². The van der Waals surface area contributed by atoms with Gasteiger partial charge < -0.3 is 15.3 Å². The first-order valence-electron chi connectivity index (χ1n) is 6.86. The number of aliphatic carboxylic acids is 1. The Morgan fingerprint density at radius 2 is 1.94 bits per heavy atom. The van der Waals surface area contributed by atoms with Crippen molar-refractivity contribution in [1.82, 2.24) is 10.2 Å². The van der Waals surface area contributed by atoms with Crippen molar-refractivity contribution in [3.63, 3.8) is 0 Å². The van der Waals surface area contributed by atoms with Crippen LogP contribution in [0.25, 0.3) is 0 Å². The van der Waals surface area contributed by atoms with Crippen molar-refractivity contribution in [2.75, 3.05) is 13.1 Å². The van der Waals surface area contributed by atoms with E-state index in [1.807, 2.05) is 0 Å². The quantitative estimate of drug-likeness (QED) is 0.787. The molecule has 1 saturated heterocycles. The fraction of sp³-hybridized carbons (Fsp3) is 0.846. The first-order valence-corrected chi connectivity index (χ1v) is 6.86. The number of urea groups is 1.